The van der Waals surface area contributed by atoms with Crippen molar-refractivity contribution < 1.29 is 32.3 Å². The molecule has 0 spiro atoms. The molecule has 11 nitrogen and oxygen atoms in total. The molecule has 0 aliphatic heterocycles. The summed E-state index contributed by atoms with van der Waals surface area (Å²) < 4.78 is 38.5. The van der Waals surface area contributed by atoms with Gasteiger partial charge in [0.2, 0.25) is 0 Å². The second-order valence-electron chi connectivity index (χ2n) is 11.2. The van der Waals surface area contributed by atoms with Crippen molar-refractivity contribution in [3.05, 3.63) is 95.6 Å². The van der Waals surface area contributed by atoms with Crippen LogP contribution in [0.5, 0.6) is 0 Å². The van der Waals surface area contributed by atoms with E-state index in [1.54, 1.807) is 51.1 Å². The van der Waals surface area contributed by atoms with Crippen LogP contribution in [-0.2, 0) is 35.7 Å². The summed E-state index contributed by atoms with van der Waals surface area (Å²) in [4.78, 5) is 39.8. The van der Waals surface area contributed by atoms with E-state index in [1.165, 1.54) is 6.92 Å². The van der Waals surface area contributed by atoms with E-state index in [0.29, 0.717) is 5.56 Å². The minimum absolute atomic E-state index is 0.0182. The Kier molecular flexibility index (Phi) is 9.84. The largest absolute Gasteiger partial charge is 0.459 e. The Balaban J connectivity index is 1.30. The Labute approximate surface area is 251 Å². The van der Waals surface area contributed by atoms with E-state index in [2.05, 4.69) is 10.0 Å². The minimum Gasteiger partial charge on any atom is -0.459 e. The van der Waals surface area contributed by atoms with Crippen molar-refractivity contribution in [1.82, 2.24) is 20.3 Å². The molecule has 0 saturated carbocycles. The zero-order valence-electron chi connectivity index (χ0n) is 24.4. The molecule has 0 fully saturated rings. The summed E-state index contributed by atoms with van der Waals surface area (Å²) in [6, 6.07) is 22.2. The van der Waals surface area contributed by atoms with Gasteiger partial charge in [0.25, 0.3) is 16.1 Å². The maximum Gasteiger partial charge on any atom is 0.407 e. The van der Waals surface area contributed by atoms with Crippen molar-refractivity contribution in [2.45, 2.75) is 57.7 Å². The monoisotopic (exact) mass is 608 g/mol. The average Bonchev–Trinajstić information content (AvgIpc) is 3.27. The third-order valence-corrected chi connectivity index (χ3v) is 7.62. The van der Waals surface area contributed by atoms with Crippen LogP contribution in [0.3, 0.4) is 0 Å². The lowest BCUT2D eigenvalue weighted by Crippen LogP contribution is -2.56. The molecule has 12 heteroatoms. The van der Waals surface area contributed by atoms with Crippen LogP contribution in [0.15, 0.2) is 78.9 Å². The maximum atomic E-state index is 12.8. The van der Waals surface area contributed by atoms with Gasteiger partial charge in [0.05, 0.1) is 0 Å². The molecule has 4 rings (SSSR count). The van der Waals surface area contributed by atoms with Crippen LogP contribution in [0.1, 0.15) is 50.3 Å². The molecular formula is C31H36N4O7S. The number of carbonyl (C=O) groups excluding carboxylic acids is 3. The number of ether oxygens (including phenoxy) is 2. The highest BCUT2D eigenvalue weighted by Gasteiger charge is 2.31. The van der Waals surface area contributed by atoms with Crippen molar-refractivity contribution in [1.29, 1.82) is 0 Å². The number of hydrazine groups is 1. The highest BCUT2D eigenvalue weighted by Crippen LogP contribution is 2.44. The first-order chi connectivity index (χ1) is 20.3. The van der Waals surface area contributed by atoms with E-state index in [1.807, 2.05) is 58.8 Å². The molecule has 0 saturated heterocycles. The standard InChI is InChI=1S/C31H36N4O7S/c1-20(32-30(38)41-19-26-24-16-10-8-14-22(24)23-15-9-11-17-25(23)26)28(36)33-35-43(39,40)34-27(29(37)42-31(2,3)4)18-21-12-6-5-7-13-21/h5-17,20,26-27,34-35H,18-19H2,1-4H3,(H,32,38)(H,33,36)/t20-,27+/m0/s1. The Morgan fingerprint density at radius 2 is 1.42 bits per heavy atom. The lowest BCUT2D eigenvalue weighted by molar-refractivity contribution is -0.156. The lowest BCUT2D eigenvalue weighted by Gasteiger charge is -2.25. The molecule has 0 unspecified atom stereocenters. The molecule has 1 aliphatic carbocycles. The van der Waals surface area contributed by atoms with Crippen LogP contribution < -0.4 is 20.3 Å². The van der Waals surface area contributed by atoms with Crippen molar-refractivity contribution in [3.8, 4) is 11.1 Å². The molecule has 0 heterocycles. The van der Waals surface area contributed by atoms with Crippen LogP contribution in [0.2, 0.25) is 0 Å². The molecule has 2 amide bonds. The van der Waals surface area contributed by atoms with Crippen LogP contribution in [0, 0.1) is 0 Å². The molecule has 3 aromatic carbocycles. The quantitative estimate of drug-likeness (QED) is 0.193. The van der Waals surface area contributed by atoms with Crippen molar-refractivity contribution in [2.24, 2.45) is 0 Å². The molecule has 2 atom stereocenters. The van der Waals surface area contributed by atoms with Gasteiger partial charge in [-0.2, -0.15) is 13.1 Å². The number of carbonyl (C=O) groups is 3. The Bertz CT molecular complexity index is 1530. The second-order valence-corrected chi connectivity index (χ2v) is 12.6. The Morgan fingerprint density at radius 3 is 2.00 bits per heavy atom. The van der Waals surface area contributed by atoms with E-state index >= 15 is 0 Å². The van der Waals surface area contributed by atoms with Crippen LogP contribution in [0.4, 0.5) is 4.79 Å². The zero-order valence-corrected chi connectivity index (χ0v) is 25.2. The minimum atomic E-state index is -4.41. The fourth-order valence-corrected chi connectivity index (χ4v) is 5.57. The number of alkyl carbamates (subject to hydrolysis) is 1. The molecule has 43 heavy (non-hydrogen) atoms. The molecule has 0 aromatic heterocycles. The van der Waals surface area contributed by atoms with Gasteiger partial charge in [-0.3, -0.25) is 15.0 Å². The smallest absolute Gasteiger partial charge is 0.407 e. The molecule has 228 valence electrons. The fraction of sp³-hybridized carbons (Fsp3) is 0.323. The summed E-state index contributed by atoms with van der Waals surface area (Å²) in [6.07, 6.45) is -0.817. The summed E-state index contributed by atoms with van der Waals surface area (Å²) in [7, 11) is -4.41. The molecule has 0 bridgehead atoms. The first kappa shape index (κ1) is 31.7. The van der Waals surface area contributed by atoms with Gasteiger partial charge < -0.3 is 14.8 Å². The SMILES string of the molecule is C[C@H](NC(=O)OCC1c2ccccc2-c2ccccc21)C(=O)NNS(=O)(=O)N[C@H](Cc1ccccc1)C(=O)OC(C)(C)C. The van der Waals surface area contributed by atoms with Gasteiger partial charge in [-0.05, 0) is 61.9 Å². The molecular weight excluding hydrogens is 572 g/mol. The van der Waals surface area contributed by atoms with E-state index in [9.17, 15) is 22.8 Å². The van der Waals surface area contributed by atoms with Gasteiger partial charge in [0.1, 0.15) is 24.3 Å². The van der Waals surface area contributed by atoms with E-state index in [-0.39, 0.29) is 18.9 Å². The highest BCUT2D eigenvalue weighted by atomic mass is 32.2. The number of amides is 2. The molecule has 1 aliphatic rings. The summed E-state index contributed by atoms with van der Waals surface area (Å²) in [5.74, 6) is -1.79. The lowest BCUT2D eigenvalue weighted by atomic mass is 9.98. The number of nitrogens with one attached hydrogen (secondary N) is 4. The Morgan fingerprint density at radius 1 is 0.860 bits per heavy atom. The van der Waals surface area contributed by atoms with Gasteiger partial charge >= 0.3 is 12.1 Å². The molecule has 4 N–H and O–H groups in total. The summed E-state index contributed by atoms with van der Waals surface area (Å²) in [6.45, 7) is 6.43. The van der Waals surface area contributed by atoms with Crippen molar-refractivity contribution >= 4 is 28.2 Å². The third kappa shape index (κ3) is 8.63. The topological polar surface area (TPSA) is 152 Å². The van der Waals surface area contributed by atoms with Crippen LogP contribution >= 0.6 is 0 Å². The maximum absolute atomic E-state index is 12.8. The number of esters is 1. The number of rotatable bonds is 11. The number of hydrogen-bond acceptors (Lipinski definition) is 7. The fourth-order valence-electron chi connectivity index (χ4n) is 4.72. The predicted octanol–water partition coefficient (Wildman–Crippen LogP) is 3.32. The summed E-state index contributed by atoms with van der Waals surface area (Å²) in [5, 5.41) is 2.40. The van der Waals surface area contributed by atoms with Gasteiger partial charge in [0, 0.05) is 5.92 Å². The van der Waals surface area contributed by atoms with Crippen molar-refractivity contribution in [3.63, 3.8) is 0 Å². The van der Waals surface area contributed by atoms with Gasteiger partial charge in [-0.15, -0.1) is 4.83 Å². The van der Waals surface area contributed by atoms with E-state index in [0.717, 1.165) is 22.3 Å². The Hall–Kier alpha value is -4.26. The summed E-state index contributed by atoms with van der Waals surface area (Å²) >= 11 is 0. The zero-order chi connectivity index (χ0) is 31.2. The van der Waals surface area contributed by atoms with Gasteiger partial charge in [-0.1, -0.05) is 78.9 Å². The third-order valence-electron chi connectivity index (χ3n) is 6.65. The number of benzene rings is 3. The van der Waals surface area contributed by atoms with Crippen molar-refractivity contribution in [2.75, 3.05) is 6.61 Å². The summed E-state index contributed by atoms with van der Waals surface area (Å²) in [5.41, 5.74) is 6.15. The van der Waals surface area contributed by atoms with E-state index in [4.69, 9.17) is 9.47 Å². The predicted molar refractivity (Wildman–Crippen MR) is 161 cm³/mol. The second kappa shape index (κ2) is 13.4. The normalized spacial score (nSPS) is 14.1. The first-order valence-corrected chi connectivity index (χ1v) is 15.3. The first-order valence-electron chi connectivity index (χ1n) is 13.8. The average molecular weight is 609 g/mol. The highest BCUT2D eigenvalue weighted by molar-refractivity contribution is 7.87. The number of fused-ring (bicyclic) bond motifs is 3. The van der Waals surface area contributed by atoms with Crippen LogP contribution in [0.25, 0.3) is 11.1 Å². The number of hydrogen-bond donors (Lipinski definition) is 4. The van der Waals surface area contributed by atoms with E-state index < -0.39 is 45.9 Å². The van der Waals surface area contributed by atoms with Gasteiger partial charge in [-0.25, -0.2) is 4.79 Å². The molecule has 3 aromatic rings. The molecule has 0 radical (unpaired) electrons. The van der Waals surface area contributed by atoms with Crippen LogP contribution in [-0.4, -0.2) is 50.7 Å². The van der Waals surface area contributed by atoms with Gasteiger partial charge in [0.15, 0.2) is 0 Å².